The van der Waals surface area contributed by atoms with Gasteiger partial charge in [-0.2, -0.15) is 4.99 Å². The number of nitrogens with zero attached hydrogens (tertiary/aromatic N) is 7. The maximum Gasteiger partial charge on any atom is 0.225 e. The molecule has 0 saturated carbocycles. The number of ether oxygens (including phenoxy) is 2. The highest BCUT2D eigenvalue weighted by Crippen LogP contribution is 2.30. The molecule has 2 saturated heterocycles. The molecule has 0 aliphatic carbocycles. The van der Waals surface area contributed by atoms with Gasteiger partial charge in [0.1, 0.15) is 11.4 Å². The predicted molar refractivity (Wildman–Crippen MR) is 151 cm³/mol. The highest BCUT2D eigenvalue weighted by Gasteiger charge is 2.22. The zero-order valence-electron chi connectivity index (χ0n) is 22.4. The number of imidazole rings is 1. The summed E-state index contributed by atoms with van der Waals surface area (Å²) < 4.78 is 13.0. The molecule has 4 N–H and O–H groups in total. The summed E-state index contributed by atoms with van der Waals surface area (Å²) in [5, 5.41) is 0. The van der Waals surface area contributed by atoms with Gasteiger partial charge in [0.15, 0.2) is 5.96 Å². The van der Waals surface area contributed by atoms with E-state index in [0.29, 0.717) is 25.1 Å². The summed E-state index contributed by atoms with van der Waals surface area (Å²) in [7, 11) is 1.70. The lowest BCUT2D eigenvalue weighted by molar-refractivity contribution is 0.0675. The molecule has 0 radical (unpaired) electrons. The van der Waals surface area contributed by atoms with Gasteiger partial charge in [-0.05, 0) is 43.2 Å². The third-order valence-corrected chi connectivity index (χ3v) is 7.17. The van der Waals surface area contributed by atoms with Crippen molar-refractivity contribution in [2.75, 3.05) is 71.2 Å². The Morgan fingerprint density at radius 3 is 2.50 bits per heavy atom. The number of anilines is 1. The molecular weight excluding hydrogens is 482 g/mol. The molecule has 5 rings (SSSR count). The van der Waals surface area contributed by atoms with E-state index in [4.69, 9.17) is 25.9 Å². The first-order valence-electron chi connectivity index (χ1n) is 13.0. The summed E-state index contributed by atoms with van der Waals surface area (Å²) in [5.74, 6) is 1.95. The van der Waals surface area contributed by atoms with E-state index >= 15 is 0 Å². The number of aliphatic imine (C=N–C) groups is 2. The second-order valence-corrected chi connectivity index (χ2v) is 9.60. The average molecular weight is 520 g/mol. The molecule has 2 aliphatic rings. The van der Waals surface area contributed by atoms with Crippen molar-refractivity contribution in [1.29, 1.82) is 0 Å². The van der Waals surface area contributed by atoms with Gasteiger partial charge in [-0.25, -0.2) is 9.98 Å². The number of pyridine rings is 1. The normalized spacial score (nSPS) is 17.4. The largest absolute Gasteiger partial charge is 0.496 e. The lowest BCUT2D eigenvalue weighted by Gasteiger charge is -2.37. The molecule has 2 fully saturated rings. The van der Waals surface area contributed by atoms with Crippen LogP contribution in [0.3, 0.4) is 0 Å². The minimum atomic E-state index is 0.168. The molecule has 3 aromatic rings. The van der Waals surface area contributed by atoms with Gasteiger partial charge < -0.3 is 40.0 Å². The number of fused-ring (bicyclic) bond motifs is 1. The number of aromatic nitrogens is 2. The number of piperazine rings is 1. The third kappa shape index (κ3) is 5.39. The summed E-state index contributed by atoms with van der Waals surface area (Å²) in [6.07, 6.45) is 4.16. The lowest BCUT2D eigenvalue weighted by Crippen LogP contribution is -2.50. The van der Waals surface area contributed by atoms with Crippen molar-refractivity contribution >= 4 is 23.3 Å². The molecule has 38 heavy (non-hydrogen) atoms. The van der Waals surface area contributed by atoms with E-state index in [1.165, 1.54) is 0 Å². The van der Waals surface area contributed by atoms with Gasteiger partial charge in [0, 0.05) is 69.0 Å². The standard InChI is InChI=1S/C27H37N9O2/c1-19-15-24(37-3)20(2)14-22(19)23-17-36-5-4-21(16-25(36)31-23)33-6-8-35(9-7-33)27(30-18-28)32-26(29)34-10-12-38-13-11-34/h4-5,14-17H,6-13,18,28H2,1-3H3,(H2,29,30,32). The molecule has 11 nitrogen and oxygen atoms in total. The first kappa shape index (κ1) is 25.8. The van der Waals surface area contributed by atoms with Gasteiger partial charge >= 0.3 is 0 Å². The highest BCUT2D eigenvalue weighted by molar-refractivity contribution is 5.94. The molecule has 2 aromatic heterocycles. The highest BCUT2D eigenvalue weighted by atomic mass is 16.5. The maximum absolute atomic E-state index is 6.28. The van der Waals surface area contributed by atoms with Crippen LogP contribution in [0.1, 0.15) is 11.1 Å². The Morgan fingerprint density at radius 1 is 1.03 bits per heavy atom. The van der Waals surface area contributed by atoms with Crippen LogP contribution in [-0.2, 0) is 4.74 Å². The lowest BCUT2D eigenvalue weighted by atomic mass is 10.0. The number of hydrogen-bond donors (Lipinski definition) is 2. The van der Waals surface area contributed by atoms with Crippen LogP contribution < -0.4 is 21.1 Å². The number of aryl methyl sites for hydroxylation is 2. The van der Waals surface area contributed by atoms with E-state index in [1.54, 1.807) is 7.11 Å². The Hall–Kier alpha value is -3.83. The molecule has 2 aliphatic heterocycles. The Labute approximate surface area is 223 Å². The molecule has 0 amide bonds. The number of rotatable bonds is 4. The van der Waals surface area contributed by atoms with Gasteiger partial charge in [0.2, 0.25) is 5.96 Å². The van der Waals surface area contributed by atoms with E-state index in [-0.39, 0.29) is 6.67 Å². The van der Waals surface area contributed by atoms with Gasteiger partial charge in [0.25, 0.3) is 0 Å². The Kier molecular flexibility index (Phi) is 7.66. The first-order chi connectivity index (χ1) is 18.5. The van der Waals surface area contributed by atoms with Crippen LogP contribution in [0, 0.1) is 13.8 Å². The smallest absolute Gasteiger partial charge is 0.225 e. The molecule has 0 spiro atoms. The zero-order valence-corrected chi connectivity index (χ0v) is 22.4. The van der Waals surface area contributed by atoms with Gasteiger partial charge in [-0.15, -0.1) is 0 Å². The molecule has 0 bridgehead atoms. The van der Waals surface area contributed by atoms with Crippen molar-refractivity contribution in [3.8, 4) is 17.0 Å². The molecule has 4 heterocycles. The molecular formula is C27H37N9O2. The van der Waals surface area contributed by atoms with Gasteiger partial charge in [0.05, 0.1) is 32.7 Å². The molecule has 1 aromatic carbocycles. The molecule has 202 valence electrons. The van der Waals surface area contributed by atoms with Crippen LogP contribution in [0.15, 0.2) is 46.6 Å². The SMILES string of the molecule is COc1cc(C)c(-c2cn3ccc(N4CCN(C(N=C(N)N5CCOCC5)=NCN)CC4)cc3n2)cc1C. The van der Waals surface area contributed by atoms with Crippen molar-refractivity contribution in [2.45, 2.75) is 13.8 Å². The van der Waals surface area contributed by atoms with Crippen molar-refractivity contribution in [2.24, 2.45) is 21.5 Å². The number of benzene rings is 1. The summed E-state index contributed by atoms with van der Waals surface area (Å²) in [4.78, 5) is 20.5. The Morgan fingerprint density at radius 2 is 1.79 bits per heavy atom. The summed E-state index contributed by atoms with van der Waals surface area (Å²) in [6, 6.07) is 8.50. The van der Waals surface area contributed by atoms with E-state index < -0.39 is 0 Å². The third-order valence-electron chi connectivity index (χ3n) is 7.17. The van der Waals surface area contributed by atoms with Crippen molar-refractivity contribution in [3.63, 3.8) is 0 Å². The first-order valence-corrected chi connectivity index (χ1v) is 13.0. The fourth-order valence-corrected chi connectivity index (χ4v) is 5.00. The number of hydrogen-bond acceptors (Lipinski definition) is 6. The van der Waals surface area contributed by atoms with Crippen LogP contribution in [0.2, 0.25) is 0 Å². The van der Waals surface area contributed by atoms with Gasteiger partial charge in [-0.1, -0.05) is 0 Å². The molecule has 11 heteroatoms. The molecule has 0 unspecified atom stereocenters. The van der Waals surface area contributed by atoms with Crippen molar-refractivity contribution < 1.29 is 9.47 Å². The predicted octanol–water partition coefficient (Wildman–Crippen LogP) is 1.67. The Bertz CT molecular complexity index is 1340. The number of methoxy groups -OCH3 is 1. The minimum absolute atomic E-state index is 0.168. The maximum atomic E-state index is 6.28. The zero-order chi connectivity index (χ0) is 26.6. The van der Waals surface area contributed by atoms with Gasteiger partial charge in [-0.3, -0.25) is 0 Å². The monoisotopic (exact) mass is 519 g/mol. The van der Waals surface area contributed by atoms with Crippen LogP contribution in [0.5, 0.6) is 5.75 Å². The minimum Gasteiger partial charge on any atom is -0.496 e. The van der Waals surface area contributed by atoms with E-state index in [0.717, 1.165) is 78.7 Å². The van der Waals surface area contributed by atoms with Crippen LogP contribution >= 0.6 is 0 Å². The fourth-order valence-electron chi connectivity index (χ4n) is 5.00. The fraction of sp³-hybridized carbons (Fsp3) is 0.444. The summed E-state index contributed by atoms with van der Waals surface area (Å²) >= 11 is 0. The van der Waals surface area contributed by atoms with Crippen molar-refractivity contribution in [1.82, 2.24) is 19.2 Å². The second-order valence-electron chi connectivity index (χ2n) is 9.60. The number of nitrogens with two attached hydrogens (primary N) is 2. The Balaban J connectivity index is 1.29. The van der Waals surface area contributed by atoms with E-state index in [2.05, 4.69) is 74.7 Å². The number of guanidine groups is 2. The summed E-state index contributed by atoms with van der Waals surface area (Å²) in [5.41, 5.74) is 18.4. The quantitative estimate of drug-likeness (QED) is 0.394. The second kappa shape index (κ2) is 11.3. The summed E-state index contributed by atoms with van der Waals surface area (Å²) in [6.45, 7) is 10.3. The van der Waals surface area contributed by atoms with E-state index in [1.807, 2.05) is 4.90 Å². The van der Waals surface area contributed by atoms with Crippen molar-refractivity contribution in [3.05, 3.63) is 47.8 Å². The molecule has 0 atom stereocenters. The van der Waals surface area contributed by atoms with Crippen LogP contribution in [0.4, 0.5) is 5.69 Å². The average Bonchev–Trinajstić information content (AvgIpc) is 3.37. The van der Waals surface area contributed by atoms with Crippen LogP contribution in [0.25, 0.3) is 16.9 Å². The number of morpholine rings is 1. The van der Waals surface area contributed by atoms with E-state index in [9.17, 15) is 0 Å². The van der Waals surface area contributed by atoms with Crippen LogP contribution in [-0.4, -0.2) is 97.4 Å². The topological polar surface area (TPSA) is 122 Å².